The molecule has 1 heterocycles. The minimum atomic E-state index is -3.86. The van der Waals surface area contributed by atoms with Crippen LogP contribution in [-0.2, 0) is 10.0 Å². The van der Waals surface area contributed by atoms with Crippen LogP contribution in [0.3, 0.4) is 0 Å². The van der Waals surface area contributed by atoms with Crippen LogP contribution in [0.25, 0.3) is 32.5 Å². The van der Waals surface area contributed by atoms with E-state index in [4.69, 9.17) is 4.42 Å². The first kappa shape index (κ1) is 19.3. The first-order valence-corrected chi connectivity index (χ1v) is 11.3. The van der Waals surface area contributed by atoms with E-state index < -0.39 is 10.0 Å². The fraction of sp³-hybridized carbons (Fsp3) is 0.0800. The lowest BCUT2D eigenvalue weighted by atomic mass is 10.0. The number of Topliss-reactive ketones (excluding diaryl/α,β-unsaturated/α-hetero) is 1. The molecule has 0 aliphatic heterocycles. The third-order valence-electron chi connectivity index (χ3n) is 5.50. The summed E-state index contributed by atoms with van der Waals surface area (Å²) in [6, 6.07) is 21.7. The summed E-state index contributed by atoms with van der Waals surface area (Å²) < 4.78 is 35.1. The van der Waals surface area contributed by atoms with Crippen LogP contribution < -0.4 is 4.72 Å². The molecule has 0 radical (unpaired) electrons. The summed E-state index contributed by atoms with van der Waals surface area (Å²) in [6.45, 7) is 3.22. The molecule has 0 bridgehead atoms. The average molecular weight is 429 g/mol. The first-order valence-electron chi connectivity index (χ1n) is 9.82. The number of carbonyl (C=O) groups excluding carboxylic acids is 1. The maximum Gasteiger partial charge on any atom is 0.261 e. The number of rotatable bonds is 4. The Kier molecular flexibility index (Phi) is 4.34. The minimum Gasteiger partial charge on any atom is -0.460 e. The topological polar surface area (TPSA) is 76.4 Å². The van der Waals surface area contributed by atoms with Gasteiger partial charge in [0.05, 0.1) is 16.1 Å². The van der Waals surface area contributed by atoms with Gasteiger partial charge >= 0.3 is 0 Å². The lowest BCUT2D eigenvalue weighted by Crippen LogP contribution is -2.13. The molecule has 0 atom stereocenters. The summed E-state index contributed by atoms with van der Waals surface area (Å²) in [7, 11) is -3.86. The number of fused-ring (bicyclic) bond motifs is 4. The summed E-state index contributed by atoms with van der Waals surface area (Å²) in [5, 5.41) is 3.85. The van der Waals surface area contributed by atoms with Crippen molar-refractivity contribution in [2.24, 2.45) is 0 Å². The quantitative estimate of drug-likeness (QED) is 0.353. The van der Waals surface area contributed by atoms with Crippen LogP contribution in [-0.4, -0.2) is 14.2 Å². The molecule has 4 aromatic carbocycles. The van der Waals surface area contributed by atoms with Gasteiger partial charge < -0.3 is 4.42 Å². The van der Waals surface area contributed by atoms with Gasteiger partial charge in [0.25, 0.3) is 10.0 Å². The Morgan fingerprint density at radius 3 is 2.26 bits per heavy atom. The third-order valence-corrected chi connectivity index (χ3v) is 6.86. The van der Waals surface area contributed by atoms with E-state index in [-0.39, 0.29) is 10.7 Å². The zero-order valence-corrected chi connectivity index (χ0v) is 17.8. The highest BCUT2D eigenvalue weighted by atomic mass is 32.2. The van der Waals surface area contributed by atoms with Crippen molar-refractivity contribution in [3.05, 3.63) is 84.1 Å². The van der Waals surface area contributed by atoms with E-state index in [2.05, 4.69) is 4.72 Å². The van der Waals surface area contributed by atoms with E-state index in [0.717, 1.165) is 16.2 Å². The van der Waals surface area contributed by atoms with Gasteiger partial charge in [0, 0.05) is 16.2 Å². The number of hydrogen-bond donors (Lipinski definition) is 1. The van der Waals surface area contributed by atoms with Crippen molar-refractivity contribution in [1.82, 2.24) is 0 Å². The number of aryl methyl sites for hydroxylation is 1. The molecule has 0 aliphatic carbocycles. The Labute approximate surface area is 179 Å². The summed E-state index contributed by atoms with van der Waals surface area (Å²) in [5.74, 6) is 0.386. The SMILES string of the molecule is CC(=O)c1c(C)oc2c1cc(NS(=O)(=O)c1ccc3ccccc3c1)c1ccccc12. The molecular formula is C25H19NO4S. The number of ketones is 1. The number of anilines is 1. The van der Waals surface area contributed by atoms with E-state index in [1.165, 1.54) is 6.92 Å². The van der Waals surface area contributed by atoms with Gasteiger partial charge in [0.1, 0.15) is 11.3 Å². The van der Waals surface area contributed by atoms with Gasteiger partial charge in [-0.1, -0.05) is 54.6 Å². The maximum atomic E-state index is 13.2. The van der Waals surface area contributed by atoms with Crippen LogP contribution in [0.1, 0.15) is 23.0 Å². The zero-order chi connectivity index (χ0) is 21.8. The monoisotopic (exact) mass is 429 g/mol. The molecule has 0 unspecified atom stereocenters. The fourth-order valence-corrected chi connectivity index (χ4v) is 5.20. The van der Waals surface area contributed by atoms with E-state index in [0.29, 0.717) is 33.4 Å². The molecule has 6 heteroatoms. The summed E-state index contributed by atoms with van der Waals surface area (Å²) in [4.78, 5) is 12.4. The number of carbonyl (C=O) groups is 1. The highest BCUT2D eigenvalue weighted by Gasteiger charge is 2.22. The van der Waals surface area contributed by atoms with Crippen molar-refractivity contribution in [3.63, 3.8) is 0 Å². The molecule has 5 nitrogen and oxygen atoms in total. The first-order chi connectivity index (χ1) is 14.8. The van der Waals surface area contributed by atoms with E-state index in [1.54, 1.807) is 31.2 Å². The largest absolute Gasteiger partial charge is 0.460 e. The van der Waals surface area contributed by atoms with Crippen LogP contribution in [0, 0.1) is 6.92 Å². The van der Waals surface area contributed by atoms with Crippen LogP contribution in [0.4, 0.5) is 5.69 Å². The number of benzene rings is 4. The number of nitrogens with one attached hydrogen (secondary N) is 1. The molecule has 0 saturated heterocycles. The zero-order valence-electron chi connectivity index (χ0n) is 17.0. The molecule has 154 valence electrons. The molecule has 1 N–H and O–H groups in total. The second kappa shape index (κ2) is 6.96. The van der Waals surface area contributed by atoms with Gasteiger partial charge in [-0.3, -0.25) is 9.52 Å². The molecule has 0 fully saturated rings. The molecular weight excluding hydrogens is 410 g/mol. The standard InChI is InChI=1S/C25H19NO4S/c1-15(27)24-16(2)30-25-21-10-6-5-9-20(21)23(14-22(24)25)26-31(28,29)19-12-11-17-7-3-4-8-18(17)13-19/h3-14,26H,1-2H3. The van der Waals surface area contributed by atoms with E-state index >= 15 is 0 Å². The summed E-state index contributed by atoms with van der Waals surface area (Å²) in [5.41, 5.74) is 1.44. The molecule has 5 aromatic rings. The van der Waals surface area contributed by atoms with E-state index in [1.807, 2.05) is 48.5 Å². The lowest BCUT2D eigenvalue weighted by Gasteiger charge is -2.12. The Bertz CT molecular complexity index is 1610. The van der Waals surface area contributed by atoms with Crippen LogP contribution >= 0.6 is 0 Å². The molecule has 0 spiro atoms. The van der Waals surface area contributed by atoms with Crippen molar-refractivity contribution in [3.8, 4) is 0 Å². The number of hydrogen-bond acceptors (Lipinski definition) is 4. The van der Waals surface area contributed by atoms with Gasteiger partial charge in [0.15, 0.2) is 5.78 Å². The molecule has 31 heavy (non-hydrogen) atoms. The Hall–Kier alpha value is -3.64. The van der Waals surface area contributed by atoms with Crippen molar-refractivity contribution < 1.29 is 17.6 Å². The van der Waals surface area contributed by atoms with Crippen LogP contribution in [0.5, 0.6) is 0 Å². The Morgan fingerprint density at radius 1 is 0.839 bits per heavy atom. The maximum absolute atomic E-state index is 13.2. The lowest BCUT2D eigenvalue weighted by molar-refractivity contribution is 0.101. The number of furan rings is 1. The molecule has 0 saturated carbocycles. The van der Waals surface area contributed by atoms with E-state index in [9.17, 15) is 13.2 Å². The molecule has 1 aromatic heterocycles. The minimum absolute atomic E-state index is 0.130. The molecule has 0 amide bonds. The molecule has 5 rings (SSSR count). The average Bonchev–Trinajstić information content (AvgIpc) is 3.09. The Balaban J connectivity index is 1.71. The predicted octanol–water partition coefficient (Wildman–Crippen LogP) is 6.05. The molecule has 0 aliphatic rings. The predicted molar refractivity (Wildman–Crippen MR) is 123 cm³/mol. The second-order valence-electron chi connectivity index (χ2n) is 7.55. The summed E-state index contributed by atoms with van der Waals surface area (Å²) in [6.07, 6.45) is 0. The van der Waals surface area contributed by atoms with Crippen LogP contribution in [0.2, 0.25) is 0 Å². The summed E-state index contributed by atoms with van der Waals surface area (Å²) >= 11 is 0. The second-order valence-corrected chi connectivity index (χ2v) is 9.23. The highest BCUT2D eigenvalue weighted by Crippen LogP contribution is 2.37. The highest BCUT2D eigenvalue weighted by molar-refractivity contribution is 7.92. The van der Waals surface area contributed by atoms with Crippen molar-refractivity contribution in [2.75, 3.05) is 4.72 Å². The van der Waals surface area contributed by atoms with Gasteiger partial charge in [0.2, 0.25) is 0 Å². The number of sulfonamides is 1. The smallest absolute Gasteiger partial charge is 0.261 e. The van der Waals surface area contributed by atoms with Gasteiger partial charge in [-0.2, -0.15) is 0 Å². The van der Waals surface area contributed by atoms with Crippen LogP contribution in [0.15, 0.2) is 82.1 Å². The normalized spacial score (nSPS) is 11.9. The third kappa shape index (κ3) is 3.16. The van der Waals surface area contributed by atoms with Crippen molar-refractivity contribution >= 4 is 54.0 Å². The Morgan fingerprint density at radius 2 is 1.52 bits per heavy atom. The van der Waals surface area contributed by atoms with Crippen molar-refractivity contribution in [2.45, 2.75) is 18.7 Å². The van der Waals surface area contributed by atoms with Gasteiger partial charge in [-0.15, -0.1) is 0 Å². The van der Waals surface area contributed by atoms with Gasteiger partial charge in [-0.05, 0) is 42.8 Å². The van der Waals surface area contributed by atoms with Crippen molar-refractivity contribution in [1.29, 1.82) is 0 Å². The fourth-order valence-electron chi connectivity index (χ4n) is 4.10. The van der Waals surface area contributed by atoms with Gasteiger partial charge in [-0.25, -0.2) is 8.42 Å².